The number of benzene rings is 1. The number of dihydropyridines is 1. The summed E-state index contributed by atoms with van der Waals surface area (Å²) in [5, 5.41) is 3.26. The van der Waals surface area contributed by atoms with Gasteiger partial charge >= 0.3 is 17.9 Å². The Kier molecular flexibility index (Phi) is 10.9. The van der Waals surface area contributed by atoms with Crippen LogP contribution in [0.3, 0.4) is 0 Å². The van der Waals surface area contributed by atoms with Crippen molar-refractivity contribution >= 4 is 24.0 Å². The van der Waals surface area contributed by atoms with E-state index < -0.39 is 23.8 Å². The number of carbonyl (C=O) groups excluding carboxylic acids is 3. The maximum atomic E-state index is 13.4. The standard InChI is InChI=1S/C28H38N2O6/c1-8-19(26(31)34-9-2)16-20-14-12-13-15-21(20)24-23(27(32)35-10-3)18(5)29-22(17-30(6)7)25(24)28(33)36-11-4/h12-16,24,29H,8-11,17H2,1-7H3/b19-16+. The van der Waals surface area contributed by atoms with Gasteiger partial charge in [-0.1, -0.05) is 31.2 Å². The minimum Gasteiger partial charge on any atom is -0.463 e. The summed E-state index contributed by atoms with van der Waals surface area (Å²) in [5.41, 5.74) is 3.81. The van der Waals surface area contributed by atoms with Gasteiger partial charge in [0.1, 0.15) is 0 Å². The Balaban J connectivity index is 2.86. The summed E-state index contributed by atoms with van der Waals surface area (Å²) >= 11 is 0. The van der Waals surface area contributed by atoms with Crippen LogP contribution in [-0.2, 0) is 28.6 Å². The number of esters is 3. The molecule has 0 fully saturated rings. The number of allylic oxidation sites excluding steroid dienone is 1. The van der Waals surface area contributed by atoms with Crippen LogP contribution >= 0.6 is 0 Å². The molecule has 8 nitrogen and oxygen atoms in total. The minimum atomic E-state index is -0.757. The van der Waals surface area contributed by atoms with Crippen molar-refractivity contribution in [1.29, 1.82) is 0 Å². The van der Waals surface area contributed by atoms with Crippen molar-refractivity contribution in [3.63, 3.8) is 0 Å². The molecule has 1 aliphatic heterocycles. The largest absolute Gasteiger partial charge is 0.463 e. The Hall–Kier alpha value is -3.39. The molecule has 1 aliphatic rings. The van der Waals surface area contributed by atoms with Gasteiger partial charge in [0.05, 0.1) is 36.9 Å². The number of carbonyl (C=O) groups is 3. The fourth-order valence-corrected chi connectivity index (χ4v) is 4.20. The van der Waals surface area contributed by atoms with Crippen molar-refractivity contribution in [2.75, 3.05) is 40.5 Å². The topological polar surface area (TPSA) is 94.2 Å². The summed E-state index contributed by atoms with van der Waals surface area (Å²) in [6.45, 7) is 9.99. The molecule has 0 saturated heterocycles. The van der Waals surface area contributed by atoms with Crippen molar-refractivity contribution < 1.29 is 28.6 Å². The normalized spacial score (nSPS) is 16.1. The van der Waals surface area contributed by atoms with Crippen LogP contribution in [0.25, 0.3) is 6.08 Å². The number of nitrogens with one attached hydrogen (secondary N) is 1. The zero-order valence-electron chi connectivity index (χ0n) is 22.4. The van der Waals surface area contributed by atoms with Gasteiger partial charge in [0.15, 0.2) is 0 Å². The second-order valence-electron chi connectivity index (χ2n) is 8.54. The van der Waals surface area contributed by atoms with Crippen molar-refractivity contribution in [2.24, 2.45) is 0 Å². The van der Waals surface area contributed by atoms with Crippen LogP contribution < -0.4 is 5.32 Å². The lowest BCUT2D eigenvalue weighted by atomic mass is 9.78. The van der Waals surface area contributed by atoms with Crippen LogP contribution in [0, 0.1) is 0 Å². The van der Waals surface area contributed by atoms with Gasteiger partial charge in [0.2, 0.25) is 0 Å². The average Bonchev–Trinajstić information content (AvgIpc) is 2.82. The van der Waals surface area contributed by atoms with Crippen molar-refractivity contribution in [3.8, 4) is 0 Å². The van der Waals surface area contributed by atoms with Crippen molar-refractivity contribution in [3.05, 3.63) is 63.5 Å². The summed E-state index contributed by atoms with van der Waals surface area (Å²) in [7, 11) is 3.80. The third kappa shape index (κ3) is 6.85. The predicted molar refractivity (Wildman–Crippen MR) is 139 cm³/mol. The molecule has 0 aliphatic carbocycles. The molecule has 0 bridgehead atoms. The zero-order chi connectivity index (χ0) is 26.8. The van der Waals surface area contributed by atoms with Crippen LogP contribution in [0.15, 0.2) is 52.4 Å². The first-order valence-electron chi connectivity index (χ1n) is 12.4. The molecule has 0 amide bonds. The molecule has 36 heavy (non-hydrogen) atoms. The Morgan fingerprint density at radius 2 is 1.50 bits per heavy atom. The van der Waals surface area contributed by atoms with Gasteiger partial charge in [0.25, 0.3) is 0 Å². The highest BCUT2D eigenvalue weighted by atomic mass is 16.5. The van der Waals surface area contributed by atoms with Crippen LogP contribution in [0.2, 0.25) is 0 Å². The predicted octanol–water partition coefficient (Wildman–Crippen LogP) is 3.95. The van der Waals surface area contributed by atoms with Crippen molar-refractivity contribution in [1.82, 2.24) is 10.2 Å². The van der Waals surface area contributed by atoms with E-state index in [9.17, 15) is 14.4 Å². The highest BCUT2D eigenvalue weighted by Crippen LogP contribution is 2.41. The number of likely N-dealkylation sites (N-methyl/N-ethyl adjacent to an activating group) is 1. The molecule has 1 heterocycles. The lowest BCUT2D eigenvalue weighted by Gasteiger charge is -2.33. The van der Waals surface area contributed by atoms with Crippen molar-refractivity contribution in [2.45, 2.75) is 47.0 Å². The summed E-state index contributed by atoms with van der Waals surface area (Å²) in [6.07, 6.45) is 2.23. The van der Waals surface area contributed by atoms with Crippen LogP contribution in [0.1, 0.15) is 58.1 Å². The van der Waals surface area contributed by atoms with Gasteiger partial charge in [-0.15, -0.1) is 0 Å². The van der Waals surface area contributed by atoms with Gasteiger partial charge in [-0.25, -0.2) is 14.4 Å². The molecule has 0 radical (unpaired) electrons. The summed E-state index contributed by atoms with van der Waals surface area (Å²) in [5.74, 6) is -2.18. The Morgan fingerprint density at radius 3 is 2.06 bits per heavy atom. The van der Waals surface area contributed by atoms with E-state index in [1.54, 1.807) is 33.8 Å². The number of ether oxygens (including phenoxy) is 3. The second kappa shape index (κ2) is 13.6. The Bertz CT molecular complexity index is 1070. The minimum absolute atomic E-state index is 0.187. The summed E-state index contributed by atoms with van der Waals surface area (Å²) in [4.78, 5) is 41.1. The van der Waals surface area contributed by atoms with E-state index in [0.29, 0.717) is 52.2 Å². The number of rotatable bonds is 11. The molecule has 1 atom stereocenters. The Morgan fingerprint density at radius 1 is 0.917 bits per heavy atom. The van der Waals surface area contributed by atoms with Gasteiger partial charge in [0, 0.05) is 23.5 Å². The van der Waals surface area contributed by atoms with E-state index in [0.717, 1.165) is 0 Å². The van der Waals surface area contributed by atoms with E-state index in [1.165, 1.54) is 0 Å². The van der Waals surface area contributed by atoms with Gasteiger partial charge < -0.3 is 24.4 Å². The highest BCUT2D eigenvalue weighted by molar-refractivity contribution is 6.01. The van der Waals surface area contributed by atoms with E-state index in [4.69, 9.17) is 14.2 Å². The summed E-state index contributed by atoms with van der Waals surface area (Å²) in [6, 6.07) is 7.42. The summed E-state index contributed by atoms with van der Waals surface area (Å²) < 4.78 is 16.1. The number of hydrogen-bond acceptors (Lipinski definition) is 8. The molecule has 8 heteroatoms. The van der Waals surface area contributed by atoms with E-state index in [-0.39, 0.29) is 19.8 Å². The first-order valence-corrected chi connectivity index (χ1v) is 12.4. The van der Waals surface area contributed by atoms with E-state index in [2.05, 4.69) is 5.32 Å². The lowest BCUT2D eigenvalue weighted by Crippen LogP contribution is -2.37. The molecule has 1 N–H and O–H groups in total. The molecule has 1 unspecified atom stereocenters. The fraction of sp³-hybridized carbons (Fsp3) is 0.464. The molecule has 0 spiro atoms. The average molecular weight is 499 g/mol. The molecule has 196 valence electrons. The monoisotopic (exact) mass is 498 g/mol. The first-order chi connectivity index (χ1) is 17.2. The maximum absolute atomic E-state index is 13.4. The van der Waals surface area contributed by atoms with E-state index in [1.807, 2.05) is 50.2 Å². The molecular weight excluding hydrogens is 460 g/mol. The van der Waals surface area contributed by atoms with Crippen LogP contribution in [-0.4, -0.2) is 63.3 Å². The smallest absolute Gasteiger partial charge is 0.336 e. The Labute approximate surface area is 214 Å². The molecular formula is C28H38N2O6. The van der Waals surface area contributed by atoms with Crippen LogP contribution in [0.4, 0.5) is 0 Å². The van der Waals surface area contributed by atoms with Gasteiger partial charge in [-0.2, -0.15) is 0 Å². The fourth-order valence-electron chi connectivity index (χ4n) is 4.20. The number of nitrogens with zero attached hydrogens (tertiary/aromatic N) is 1. The number of hydrogen-bond donors (Lipinski definition) is 1. The van der Waals surface area contributed by atoms with Gasteiger partial charge in [-0.3, -0.25) is 0 Å². The molecule has 0 aromatic heterocycles. The van der Waals surface area contributed by atoms with E-state index >= 15 is 0 Å². The SMILES string of the molecule is CCOC(=O)C1=C(C)NC(CN(C)C)=C(C(=O)OCC)C1c1ccccc1/C=C(\CC)C(=O)OCC. The third-order valence-electron chi connectivity index (χ3n) is 5.67. The molecule has 2 rings (SSSR count). The lowest BCUT2D eigenvalue weighted by molar-refractivity contribution is -0.140. The zero-order valence-corrected chi connectivity index (χ0v) is 22.4. The van der Waals surface area contributed by atoms with Crippen LogP contribution in [0.5, 0.6) is 0 Å². The second-order valence-corrected chi connectivity index (χ2v) is 8.54. The maximum Gasteiger partial charge on any atom is 0.336 e. The third-order valence-corrected chi connectivity index (χ3v) is 5.67. The molecule has 1 aromatic carbocycles. The first kappa shape index (κ1) is 28.8. The highest BCUT2D eigenvalue weighted by Gasteiger charge is 2.39. The van der Waals surface area contributed by atoms with Gasteiger partial charge in [-0.05, 0) is 65.4 Å². The quantitative estimate of drug-likeness (QED) is 0.279. The molecule has 0 saturated carbocycles. The molecule has 1 aromatic rings.